The molecule has 1 aromatic rings. The molecule has 0 saturated carbocycles. The van der Waals surface area contributed by atoms with Gasteiger partial charge >= 0.3 is 0 Å². The van der Waals surface area contributed by atoms with E-state index >= 15 is 0 Å². The van der Waals surface area contributed by atoms with Gasteiger partial charge in [-0.2, -0.15) is 0 Å². The summed E-state index contributed by atoms with van der Waals surface area (Å²) in [4.78, 5) is 10.1. The zero-order valence-corrected chi connectivity index (χ0v) is 11.1. The lowest BCUT2D eigenvalue weighted by molar-refractivity contribution is -0.384. The Kier molecular flexibility index (Phi) is 5.69. The van der Waals surface area contributed by atoms with Crippen molar-refractivity contribution in [3.05, 3.63) is 46.7 Å². The SMILES string of the molecule is C=C(CCCCBr)Nc1ccc([N+](=O)[O-])cc1. The van der Waals surface area contributed by atoms with Crippen molar-refractivity contribution in [2.24, 2.45) is 0 Å². The first-order chi connectivity index (χ1) is 8.13. The number of benzene rings is 1. The zero-order chi connectivity index (χ0) is 12.7. The van der Waals surface area contributed by atoms with Crippen molar-refractivity contribution < 1.29 is 4.92 Å². The highest BCUT2D eigenvalue weighted by Gasteiger charge is 2.03. The maximum absolute atomic E-state index is 10.5. The summed E-state index contributed by atoms with van der Waals surface area (Å²) < 4.78 is 0. The largest absolute Gasteiger partial charge is 0.359 e. The van der Waals surface area contributed by atoms with Crippen LogP contribution in [0.1, 0.15) is 19.3 Å². The van der Waals surface area contributed by atoms with Crippen LogP contribution in [0.2, 0.25) is 0 Å². The van der Waals surface area contributed by atoms with Gasteiger partial charge in [-0.3, -0.25) is 10.1 Å². The van der Waals surface area contributed by atoms with Crippen molar-refractivity contribution in [1.29, 1.82) is 0 Å². The molecule has 1 aromatic carbocycles. The number of halogens is 1. The minimum atomic E-state index is -0.408. The Balaban J connectivity index is 2.46. The fourth-order valence-electron chi connectivity index (χ4n) is 1.37. The van der Waals surface area contributed by atoms with Crippen molar-refractivity contribution in [3.8, 4) is 0 Å². The number of hydrogen-bond acceptors (Lipinski definition) is 3. The fourth-order valence-corrected chi connectivity index (χ4v) is 1.76. The third kappa shape index (κ3) is 4.99. The molecule has 0 aliphatic rings. The van der Waals surface area contributed by atoms with Crippen molar-refractivity contribution in [3.63, 3.8) is 0 Å². The predicted octanol–water partition coefficient (Wildman–Crippen LogP) is 4.09. The lowest BCUT2D eigenvalue weighted by Gasteiger charge is -2.08. The normalized spacial score (nSPS) is 9.94. The van der Waals surface area contributed by atoms with Crippen LogP contribution in [0.25, 0.3) is 0 Å². The van der Waals surface area contributed by atoms with E-state index in [0.29, 0.717) is 0 Å². The second kappa shape index (κ2) is 7.06. The standard InChI is InChI=1S/C12H15BrN2O2/c1-10(4-2-3-9-13)14-11-5-7-12(8-6-11)15(16)17/h5-8,14H,1-4,9H2. The van der Waals surface area contributed by atoms with E-state index in [0.717, 1.165) is 36.0 Å². The zero-order valence-electron chi connectivity index (χ0n) is 9.49. The number of anilines is 1. The number of hydrogen-bond donors (Lipinski definition) is 1. The van der Waals surface area contributed by atoms with E-state index in [2.05, 4.69) is 27.8 Å². The molecule has 0 unspecified atom stereocenters. The first-order valence-electron chi connectivity index (χ1n) is 5.38. The first kappa shape index (κ1) is 13.7. The van der Waals surface area contributed by atoms with Crippen molar-refractivity contribution >= 4 is 27.3 Å². The quantitative estimate of drug-likeness (QED) is 0.357. The number of nitro groups is 1. The monoisotopic (exact) mass is 298 g/mol. The summed E-state index contributed by atoms with van der Waals surface area (Å²) in [6, 6.07) is 6.34. The van der Waals surface area contributed by atoms with Gasteiger partial charge in [0.15, 0.2) is 0 Å². The highest BCUT2D eigenvalue weighted by molar-refractivity contribution is 9.09. The van der Waals surface area contributed by atoms with Crippen LogP contribution in [-0.4, -0.2) is 10.3 Å². The van der Waals surface area contributed by atoms with Gasteiger partial charge in [-0.1, -0.05) is 22.5 Å². The summed E-state index contributed by atoms with van der Waals surface area (Å²) in [5.41, 5.74) is 1.86. The number of nitrogens with one attached hydrogen (secondary N) is 1. The number of alkyl halides is 1. The van der Waals surface area contributed by atoms with E-state index in [1.54, 1.807) is 12.1 Å². The van der Waals surface area contributed by atoms with E-state index < -0.39 is 4.92 Å². The van der Waals surface area contributed by atoms with Gasteiger partial charge in [-0.15, -0.1) is 0 Å². The third-order valence-corrected chi connectivity index (χ3v) is 2.82. The predicted molar refractivity (Wildman–Crippen MR) is 73.5 cm³/mol. The van der Waals surface area contributed by atoms with Gasteiger partial charge in [-0.05, 0) is 31.4 Å². The molecular weight excluding hydrogens is 284 g/mol. The molecule has 0 aliphatic carbocycles. The van der Waals surface area contributed by atoms with Crippen LogP contribution >= 0.6 is 15.9 Å². The average molecular weight is 299 g/mol. The Morgan fingerprint density at radius 3 is 2.53 bits per heavy atom. The van der Waals surface area contributed by atoms with Gasteiger partial charge in [0.1, 0.15) is 0 Å². The number of nitrogens with zero attached hydrogens (tertiary/aromatic N) is 1. The van der Waals surface area contributed by atoms with Crippen LogP contribution in [0.5, 0.6) is 0 Å². The molecule has 1 N–H and O–H groups in total. The van der Waals surface area contributed by atoms with Gasteiger partial charge in [0, 0.05) is 28.8 Å². The molecule has 0 saturated heterocycles. The lowest BCUT2D eigenvalue weighted by atomic mass is 10.2. The van der Waals surface area contributed by atoms with Crippen LogP contribution in [0.15, 0.2) is 36.5 Å². The second-order valence-corrected chi connectivity index (χ2v) is 4.47. The van der Waals surface area contributed by atoms with Gasteiger partial charge in [0.05, 0.1) is 4.92 Å². The number of rotatable bonds is 7. The Labute approximate surface area is 109 Å². The average Bonchev–Trinajstić information content (AvgIpc) is 2.30. The van der Waals surface area contributed by atoms with Gasteiger partial charge < -0.3 is 5.32 Å². The Morgan fingerprint density at radius 2 is 2.00 bits per heavy atom. The second-order valence-electron chi connectivity index (χ2n) is 3.68. The van der Waals surface area contributed by atoms with E-state index in [9.17, 15) is 10.1 Å². The molecule has 0 aliphatic heterocycles. The molecule has 0 fully saturated rings. The lowest BCUT2D eigenvalue weighted by Crippen LogP contribution is -1.98. The molecule has 0 radical (unpaired) electrons. The summed E-state index contributed by atoms with van der Waals surface area (Å²) in [6.45, 7) is 3.92. The summed E-state index contributed by atoms with van der Waals surface area (Å²) in [5, 5.41) is 14.6. The van der Waals surface area contributed by atoms with E-state index in [1.165, 1.54) is 12.1 Å². The maximum Gasteiger partial charge on any atom is 0.269 e. The summed E-state index contributed by atoms with van der Waals surface area (Å²) in [5.74, 6) is 0. The molecule has 4 nitrogen and oxygen atoms in total. The summed E-state index contributed by atoms with van der Waals surface area (Å²) in [7, 11) is 0. The Hall–Kier alpha value is -1.36. The molecule has 0 atom stereocenters. The van der Waals surface area contributed by atoms with Gasteiger partial charge in [0.25, 0.3) is 5.69 Å². The van der Waals surface area contributed by atoms with Crippen LogP contribution in [0.3, 0.4) is 0 Å². The van der Waals surface area contributed by atoms with Crippen LogP contribution in [0.4, 0.5) is 11.4 Å². The molecule has 0 bridgehead atoms. The topological polar surface area (TPSA) is 55.2 Å². The molecule has 5 heteroatoms. The molecule has 0 aromatic heterocycles. The minimum Gasteiger partial charge on any atom is -0.359 e. The number of nitro benzene ring substituents is 1. The summed E-state index contributed by atoms with van der Waals surface area (Å²) in [6.07, 6.45) is 3.09. The molecule has 92 valence electrons. The smallest absolute Gasteiger partial charge is 0.269 e. The molecule has 0 spiro atoms. The maximum atomic E-state index is 10.5. The molecule has 0 heterocycles. The van der Waals surface area contributed by atoms with Gasteiger partial charge in [0.2, 0.25) is 0 Å². The number of non-ortho nitro benzene ring substituents is 1. The van der Waals surface area contributed by atoms with E-state index in [4.69, 9.17) is 0 Å². The highest BCUT2D eigenvalue weighted by Crippen LogP contribution is 2.17. The first-order valence-corrected chi connectivity index (χ1v) is 6.51. The van der Waals surface area contributed by atoms with Gasteiger partial charge in [-0.25, -0.2) is 0 Å². The fraction of sp³-hybridized carbons (Fsp3) is 0.333. The van der Waals surface area contributed by atoms with E-state index in [-0.39, 0.29) is 5.69 Å². The van der Waals surface area contributed by atoms with Crippen LogP contribution in [-0.2, 0) is 0 Å². The summed E-state index contributed by atoms with van der Waals surface area (Å²) >= 11 is 3.37. The van der Waals surface area contributed by atoms with Crippen molar-refractivity contribution in [2.75, 3.05) is 10.6 Å². The Bertz CT molecular complexity index is 390. The molecule has 1 rings (SSSR count). The van der Waals surface area contributed by atoms with E-state index in [1.807, 2.05) is 0 Å². The van der Waals surface area contributed by atoms with Crippen LogP contribution < -0.4 is 5.32 Å². The van der Waals surface area contributed by atoms with Crippen molar-refractivity contribution in [1.82, 2.24) is 0 Å². The molecule has 0 amide bonds. The molecule has 17 heavy (non-hydrogen) atoms. The third-order valence-electron chi connectivity index (χ3n) is 2.26. The highest BCUT2D eigenvalue weighted by atomic mass is 79.9. The minimum absolute atomic E-state index is 0.0976. The number of allylic oxidation sites excluding steroid dienone is 1. The molecular formula is C12H15BrN2O2. The Morgan fingerprint density at radius 1 is 1.35 bits per heavy atom. The number of unbranched alkanes of at least 4 members (excludes halogenated alkanes) is 1. The van der Waals surface area contributed by atoms with Crippen LogP contribution in [0, 0.1) is 10.1 Å². The van der Waals surface area contributed by atoms with Crippen molar-refractivity contribution in [2.45, 2.75) is 19.3 Å².